The summed E-state index contributed by atoms with van der Waals surface area (Å²) in [6, 6.07) is 0. The third-order valence-electron chi connectivity index (χ3n) is 3.77. The van der Waals surface area contributed by atoms with Crippen molar-refractivity contribution in [2.45, 2.75) is 57.4 Å². The maximum atomic E-state index is 11.1. The van der Waals surface area contributed by atoms with Gasteiger partial charge in [-0.25, -0.2) is 0 Å². The van der Waals surface area contributed by atoms with Crippen LogP contribution in [0.5, 0.6) is 0 Å². The van der Waals surface area contributed by atoms with Gasteiger partial charge >= 0.3 is 0 Å². The molecule has 3 saturated carbocycles. The number of amides is 1. The molecule has 0 spiro atoms. The maximum Gasteiger partial charge on any atom is 0.217 e. The molecule has 0 aliphatic heterocycles. The van der Waals surface area contributed by atoms with Crippen molar-refractivity contribution in [3.8, 4) is 0 Å². The molecule has 0 aromatic carbocycles. The van der Waals surface area contributed by atoms with Crippen LogP contribution >= 0.6 is 0 Å². The van der Waals surface area contributed by atoms with Gasteiger partial charge in [-0.2, -0.15) is 0 Å². The Balaban J connectivity index is 2.07. The fourth-order valence-corrected chi connectivity index (χ4v) is 3.06. The van der Waals surface area contributed by atoms with Gasteiger partial charge in [-0.1, -0.05) is 12.8 Å². The van der Waals surface area contributed by atoms with Gasteiger partial charge in [0.2, 0.25) is 5.91 Å². The van der Waals surface area contributed by atoms with Crippen molar-refractivity contribution in [3.63, 3.8) is 0 Å². The van der Waals surface area contributed by atoms with Crippen LogP contribution in [0.15, 0.2) is 0 Å². The van der Waals surface area contributed by atoms with Gasteiger partial charge in [0.1, 0.15) is 0 Å². The number of rotatable bonds is 1. The second kappa shape index (κ2) is 3.32. The van der Waals surface area contributed by atoms with Gasteiger partial charge in [-0.15, -0.1) is 0 Å². The highest BCUT2D eigenvalue weighted by Gasteiger charge is 2.38. The molecule has 2 bridgehead atoms. The molecule has 0 aromatic rings. The third kappa shape index (κ3) is 1.87. The molecule has 1 N–H and O–H groups in total. The first-order valence-electron chi connectivity index (χ1n) is 5.49. The Morgan fingerprint density at radius 1 is 1.23 bits per heavy atom. The van der Waals surface area contributed by atoms with E-state index in [0.717, 1.165) is 5.92 Å². The first-order valence-corrected chi connectivity index (χ1v) is 5.49. The number of fused-ring (bicyclic) bond motifs is 4. The van der Waals surface area contributed by atoms with Crippen LogP contribution in [0.2, 0.25) is 0 Å². The van der Waals surface area contributed by atoms with Gasteiger partial charge in [0.25, 0.3) is 0 Å². The Bertz CT molecular complexity index is 199. The molecule has 0 saturated heterocycles. The van der Waals surface area contributed by atoms with Gasteiger partial charge in [0.15, 0.2) is 0 Å². The molecule has 13 heavy (non-hydrogen) atoms. The van der Waals surface area contributed by atoms with Crippen molar-refractivity contribution in [2.75, 3.05) is 0 Å². The molecule has 3 aliphatic rings. The van der Waals surface area contributed by atoms with Gasteiger partial charge in [-0.3, -0.25) is 4.79 Å². The van der Waals surface area contributed by atoms with E-state index >= 15 is 0 Å². The Morgan fingerprint density at radius 2 is 1.92 bits per heavy atom. The van der Waals surface area contributed by atoms with Crippen molar-refractivity contribution in [2.24, 2.45) is 5.92 Å². The fourth-order valence-electron chi connectivity index (χ4n) is 3.06. The van der Waals surface area contributed by atoms with Crippen LogP contribution in [-0.4, -0.2) is 11.4 Å². The van der Waals surface area contributed by atoms with E-state index in [-0.39, 0.29) is 11.4 Å². The van der Waals surface area contributed by atoms with Crippen molar-refractivity contribution in [1.29, 1.82) is 0 Å². The zero-order valence-electron chi connectivity index (χ0n) is 8.44. The number of hydrogen-bond donors (Lipinski definition) is 1. The van der Waals surface area contributed by atoms with E-state index in [2.05, 4.69) is 5.32 Å². The molecule has 0 atom stereocenters. The largest absolute Gasteiger partial charge is 0.351 e. The summed E-state index contributed by atoms with van der Waals surface area (Å²) in [4.78, 5) is 11.1. The number of nitrogens with one attached hydrogen (secondary N) is 1. The second-order valence-corrected chi connectivity index (χ2v) is 4.80. The zero-order valence-corrected chi connectivity index (χ0v) is 8.44. The van der Waals surface area contributed by atoms with E-state index in [1.165, 1.54) is 44.9 Å². The molecular formula is C11H19NO. The average Bonchev–Trinajstić information content (AvgIpc) is 2.35. The molecule has 0 unspecified atom stereocenters. The molecule has 3 fully saturated rings. The lowest BCUT2D eigenvalue weighted by atomic mass is 9.78. The minimum absolute atomic E-state index is 0.153. The molecule has 3 aliphatic carbocycles. The van der Waals surface area contributed by atoms with Crippen LogP contribution in [-0.2, 0) is 4.79 Å². The summed E-state index contributed by atoms with van der Waals surface area (Å²) < 4.78 is 0. The number of carbonyl (C=O) groups is 1. The molecule has 0 radical (unpaired) electrons. The van der Waals surface area contributed by atoms with Gasteiger partial charge in [0, 0.05) is 12.5 Å². The van der Waals surface area contributed by atoms with Gasteiger partial charge < -0.3 is 5.32 Å². The lowest BCUT2D eigenvalue weighted by Gasteiger charge is -2.37. The normalized spacial score (nSPS) is 38.4. The Morgan fingerprint density at radius 3 is 2.54 bits per heavy atom. The SMILES string of the molecule is CC(=O)NC12CCCC(CC1)CC2. The Hall–Kier alpha value is -0.530. The highest BCUT2D eigenvalue weighted by Crippen LogP contribution is 2.41. The van der Waals surface area contributed by atoms with E-state index in [0.29, 0.717) is 0 Å². The number of carbonyl (C=O) groups excluding carboxylic acids is 1. The second-order valence-electron chi connectivity index (χ2n) is 4.80. The summed E-state index contributed by atoms with van der Waals surface area (Å²) in [5.74, 6) is 1.12. The molecule has 2 nitrogen and oxygen atoms in total. The maximum absolute atomic E-state index is 11.1. The average molecular weight is 181 g/mol. The molecule has 3 rings (SSSR count). The molecule has 1 amide bonds. The standard InChI is InChI=1S/C11H19NO/c1-9(13)12-11-6-2-3-10(4-7-11)5-8-11/h10H,2-8H2,1H3,(H,12,13). The monoisotopic (exact) mass is 181 g/mol. The van der Waals surface area contributed by atoms with Crippen LogP contribution in [0.4, 0.5) is 0 Å². The van der Waals surface area contributed by atoms with E-state index < -0.39 is 0 Å². The highest BCUT2D eigenvalue weighted by atomic mass is 16.1. The third-order valence-corrected chi connectivity index (χ3v) is 3.77. The summed E-state index contributed by atoms with van der Waals surface area (Å²) in [6.07, 6.45) is 9.02. The van der Waals surface area contributed by atoms with E-state index in [1.807, 2.05) is 0 Å². The van der Waals surface area contributed by atoms with Crippen molar-refractivity contribution in [3.05, 3.63) is 0 Å². The van der Waals surface area contributed by atoms with Crippen LogP contribution in [0.1, 0.15) is 51.9 Å². The Kier molecular flexibility index (Phi) is 2.31. The molecule has 0 heterocycles. The summed E-state index contributed by atoms with van der Waals surface area (Å²) in [5, 5.41) is 3.18. The smallest absolute Gasteiger partial charge is 0.217 e. The van der Waals surface area contributed by atoms with Crippen molar-refractivity contribution < 1.29 is 4.79 Å². The van der Waals surface area contributed by atoms with Crippen LogP contribution in [0.25, 0.3) is 0 Å². The first-order chi connectivity index (χ1) is 6.20. The minimum atomic E-state index is 0.153. The summed E-state index contributed by atoms with van der Waals surface area (Å²) in [6.45, 7) is 1.64. The first kappa shape index (κ1) is 9.04. The predicted octanol–water partition coefficient (Wildman–Crippen LogP) is 2.24. The fraction of sp³-hybridized carbons (Fsp3) is 0.909. The summed E-state index contributed by atoms with van der Waals surface area (Å²) in [5.41, 5.74) is 0.193. The van der Waals surface area contributed by atoms with Crippen LogP contribution in [0, 0.1) is 5.92 Å². The topological polar surface area (TPSA) is 29.1 Å². The summed E-state index contributed by atoms with van der Waals surface area (Å²) >= 11 is 0. The molecule has 74 valence electrons. The molecule has 2 heteroatoms. The highest BCUT2D eigenvalue weighted by molar-refractivity contribution is 5.73. The predicted molar refractivity (Wildman–Crippen MR) is 52.4 cm³/mol. The Labute approximate surface area is 80.1 Å². The minimum Gasteiger partial charge on any atom is -0.351 e. The summed E-state index contributed by atoms with van der Waals surface area (Å²) in [7, 11) is 0. The van der Waals surface area contributed by atoms with Crippen LogP contribution in [0.3, 0.4) is 0 Å². The van der Waals surface area contributed by atoms with Crippen molar-refractivity contribution >= 4 is 5.91 Å². The van der Waals surface area contributed by atoms with E-state index in [9.17, 15) is 4.79 Å². The number of hydrogen-bond acceptors (Lipinski definition) is 1. The zero-order chi connectivity index (χ0) is 9.31. The van der Waals surface area contributed by atoms with Gasteiger partial charge in [-0.05, 0) is 38.0 Å². The quantitative estimate of drug-likeness (QED) is 0.660. The van der Waals surface area contributed by atoms with Crippen molar-refractivity contribution in [1.82, 2.24) is 5.32 Å². The van der Waals surface area contributed by atoms with Gasteiger partial charge in [0.05, 0.1) is 0 Å². The lowest BCUT2D eigenvalue weighted by molar-refractivity contribution is -0.121. The van der Waals surface area contributed by atoms with E-state index in [1.54, 1.807) is 6.92 Å². The molecular weight excluding hydrogens is 162 g/mol. The lowest BCUT2D eigenvalue weighted by Crippen LogP contribution is -2.48. The van der Waals surface area contributed by atoms with Crippen LogP contribution < -0.4 is 5.32 Å². The molecule has 0 aromatic heterocycles. The van der Waals surface area contributed by atoms with E-state index in [4.69, 9.17) is 0 Å².